The molecule has 0 bridgehead atoms. The second-order valence-electron chi connectivity index (χ2n) is 7.80. The van der Waals surface area contributed by atoms with Crippen molar-refractivity contribution in [1.29, 1.82) is 0 Å². The molecule has 0 radical (unpaired) electrons. The number of benzene rings is 1. The first kappa shape index (κ1) is 33.1. The van der Waals surface area contributed by atoms with E-state index in [4.69, 9.17) is 5.73 Å². The molecule has 1 atom stereocenters. The lowest BCUT2D eigenvalue weighted by Gasteiger charge is -2.14. The van der Waals surface area contributed by atoms with Crippen LogP contribution in [0.3, 0.4) is 0 Å². The van der Waals surface area contributed by atoms with Crippen molar-refractivity contribution >= 4 is 11.9 Å². The van der Waals surface area contributed by atoms with Crippen LogP contribution >= 0.6 is 0 Å². The van der Waals surface area contributed by atoms with Crippen LogP contribution in [-0.4, -0.2) is 25.5 Å². The third-order valence-electron chi connectivity index (χ3n) is 5.32. The molecule has 0 heterocycles. The summed E-state index contributed by atoms with van der Waals surface area (Å²) in [6, 6.07) is 10.7. The molecule has 0 spiro atoms. The third-order valence-corrected chi connectivity index (χ3v) is 5.32. The molecule has 190 valence electrons. The minimum atomic E-state index is -0.362. The molecule has 1 aromatic rings. The predicted octanol–water partition coefficient (Wildman–Crippen LogP) is 6.28. The minimum absolute atomic E-state index is 0.0742. The predicted molar refractivity (Wildman–Crippen MR) is 145 cm³/mol. The molecule has 0 saturated heterocycles. The number of aryl methyl sites for hydroxylation is 1. The Labute approximate surface area is 207 Å². The van der Waals surface area contributed by atoms with Crippen molar-refractivity contribution in [3.8, 4) is 0 Å². The standard InChI is InChI=1S/C15H24N2O3.C12H18.C2H4/c1-5-7-8-13(17-10-15(19)20-4)11(3)12(6-2)9-14(16)18;1-3-11(2)9-10-12-7-5-4-6-8-12;1-2/h5,7-8,17H,6,9-10H2,1-4H3,(H2,16,18);4-8,11H,3,9-10H2,1-2H3;1-2H2/b7-5-,12-11-,13-8+;;. The van der Waals surface area contributed by atoms with Gasteiger partial charge in [0.2, 0.25) is 5.91 Å². The molecular weight excluding hydrogens is 424 g/mol. The first-order valence-electron chi connectivity index (χ1n) is 11.9. The Kier molecular flexibility index (Phi) is 21.2. The van der Waals surface area contributed by atoms with Gasteiger partial charge in [-0.2, -0.15) is 0 Å². The molecule has 34 heavy (non-hydrogen) atoms. The van der Waals surface area contributed by atoms with Gasteiger partial charge in [0.15, 0.2) is 0 Å². The zero-order valence-corrected chi connectivity index (χ0v) is 22.2. The maximum absolute atomic E-state index is 11.2. The van der Waals surface area contributed by atoms with Crippen LogP contribution in [-0.2, 0) is 20.7 Å². The number of nitrogens with one attached hydrogen (secondary N) is 1. The topological polar surface area (TPSA) is 81.4 Å². The zero-order valence-electron chi connectivity index (χ0n) is 22.2. The van der Waals surface area contributed by atoms with E-state index in [2.05, 4.69) is 67.4 Å². The summed E-state index contributed by atoms with van der Waals surface area (Å²) in [5.74, 6) is 0.155. The largest absolute Gasteiger partial charge is 0.468 e. The number of hydrogen-bond donors (Lipinski definition) is 2. The van der Waals surface area contributed by atoms with Crippen LogP contribution in [0.5, 0.6) is 0 Å². The van der Waals surface area contributed by atoms with Gasteiger partial charge in [0, 0.05) is 12.1 Å². The summed E-state index contributed by atoms with van der Waals surface area (Å²) >= 11 is 0. The van der Waals surface area contributed by atoms with Gasteiger partial charge in [0.05, 0.1) is 7.11 Å². The van der Waals surface area contributed by atoms with Gasteiger partial charge in [-0.15, -0.1) is 13.2 Å². The van der Waals surface area contributed by atoms with Gasteiger partial charge in [0.1, 0.15) is 6.54 Å². The van der Waals surface area contributed by atoms with Crippen LogP contribution in [0.4, 0.5) is 0 Å². The van der Waals surface area contributed by atoms with Gasteiger partial charge in [-0.3, -0.25) is 9.59 Å². The van der Waals surface area contributed by atoms with E-state index >= 15 is 0 Å². The molecule has 0 aliphatic heterocycles. The van der Waals surface area contributed by atoms with Gasteiger partial charge >= 0.3 is 5.97 Å². The third kappa shape index (κ3) is 16.5. The Hall–Kier alpha value is -3.08. The van der Waals surface area contributed by atoms with Gasteiger partial charge in [0.25, 0.3) is 0 Å². The molecule has 5 nitrogen and oxygen atoms in total. The SMILES string of the molecule is C=C.CCC(C)CCc1ccccc1.C\C=C/C=C(NCC(=O)OC)\C(C)=C(\CC)CC(N)=O. The monoisotopic (exact) mass is 470 g/mol. The summed E-state index contributed by atoms with van der Waals surface area (Å²) in [6.07, 6.45) is 10.4. The molecule has 1 rings (SSSR count). The maximum Gasteiger partial charge on any atom is 0.325 e. The highest BCUT2D eigenvalue weighted by Crippen LogP contribution is 2.18. The summed E-state index contributed by atoms with van der Waals surface area (Å²) in [7, 11) is 1.34. The Morgan fingerprint density at radius 2 is 1.79 bits per heavy atom. The van der Waals surface area contributed by atoms with Crippen LogP contribution in [0.2, 0.25) is 0 Å². The summed E-state index contributed by atoms with van der Waals surface area (Å²) in [5.41, 5.74) is 9.38. The molecule has 0 aliphatic rings. The van der Waals surface area contributed by atoms with E-state index in [1.807, 2.05) is 39.0 Å². The van der Waals surface area contributed by atoms with E-state index in [1.165, 1.54) is 31.9 Å². The fourth-order valence-electron chi connectivity index (χ4n) is 2.93. The smallest absolute Gasteiger partial charge is 0.325 e. The lowest BCUT2D eigenvalue weighted by Crippen LogP contribution is -2.24. The van der Waals surface area contributed by atoms with E-state index in [1.54, 1.807) is 0 Å². The average Bonchev–Trinajstić information content (AvgIpc) is 2.87. The van der Waals surface area contributed by atoms with Crippen molar-refractivity contribution < 1.29 is 14.3 Å². The second kappa shape index (κ2) is 21.7. The Morgan fingerprint density at radius 1 is 1.18 bits per heavy atom. The number of nitrogens with two attached hydrogens (primary N) is 1. The molecule has 0 fully saturated rings. The zero-order chi connectivity index (χ0) is 26.4. The van der Waals surface area contributed by atoms with E-state index in [0.29, 0.717) is 0 Å². The average molecular weight is 471 g/mol. The Morgan fingerprint density at radius 3 is 2.26 bits per heavy atom. The molecule has 0 aliphatic carbocycles. The van der Waals surface area contributed by atoms with Crippen LogP contribution in [0.1, 0.15) is 65.9 Å². The van der Waals surface area contributed by atoms with E-state index in [0.717, 1.165) is 29.2 Å². The number of ether oxygens (including phenoxy) is 1. The number of methoxy groups -OCH3 is 1. The summed E-state index contributed by atoms with van der Waals surface area (Å²) in [4.78, 5) is 22.3. The van der Waals surface area contributed by atoms with Crippen LogP contribution in [0.15, 0.2) is 78.6 Å². The highest BCUT2D eigenvalue weighted by atomic mass is 16.5. The molecule has 1 aromatic carbocycles. The highest BCUT2D eigenvalue weighted by molar-refractivity contribution is 5.77. The highest BCUT2D eigenvalue weighted by Gasteiger charge is 2.10. The van der Waals surface area contributed by atoms with Gasteiger partial charge in [-0.25, -0.2) is 0 Å². The van der Waals surface area contributed by atoms with Gasteiger partial charge in [-0.05, 0) is 56.2 Å². The number of amides is 1. The second-order valence-corrected chi connectivity index (χ2v) is 7.80. The molecular formula is C29H46N2O3. The summed E-state index contributed by atoms with van der Waals surface area (Å²) in [6.45, 7) is 16.4. The molecule has 5 heteroatoms. The number of carbonyl (C=O) groups is 2. The van der Waals surface area contributed by atoms with Crippen molar-refractivity contribution in [3.63, 3.8) is 0 Å². The van der Waals surface area contributed by atoms with Crippen molar-refractivity contribution in [2.24, 2.45) is 11.7 Å². The fourth-order valence-corrected chi connectivity index (χ4v) is 2.93. The number of primary amides is 1. The van der Waals surface area contributed by atoms with Gasteiger partial charge in [-0.1, -0.05) is 75.2 Å². The lowest BCUT2D eigenvalue weighted by molar-refractivity contribution is -0.139. The van der Waals surface area contributed by atoms with Crippen LogP contribution < -0.4 is 11.1 Å². The first-order valence-corrected chi connectivity index (χ1v) is 11.9. The van der Waals surface area contributed by atoms with Crippen molar-refractivity contribution in [3.05, 3.63) is 84.1 Å². The maximum atomic E-state index is 11.2. The van der Waals surface area contributed by atoms with E-state index in [-0.39, 0.29) is 24.8 Å². The lowest BCUT2D eigenvalue weighted by atomic mass is 9.99. The van der Waals surface area contributed by atoms with Crippen molar-refractivity contribution in [2.45, 2.75) is 66.7 Å². The quantitative estimate of drug-likeness (QED) is 0.214. The number of rotatable bonds is 12. The number of carbonyl (C=O) groups excluding carboxylic acids is 2. The molecule has 0 saturated carbocycles. The number of allylic oxidation sites excluding steroid dienone is 4. The number of esters is 1. The van der Waals surface area contributed by atoms with E-state index in [9.17, 15) is 9.59 Å². The Bertz CT molecular complexity index is 780. The van der Waals surface area contributed by atoms with Crippen LogP contribution in [0, 0.1) is 5.92 Å². The molecule has 0 aromatic heterocycles. The van der Waals surface area contributed by atoms with Crippen LogP contribution in [0.25, 0.3) is 0 Å². The fraction of sp³-hybridized carbons (Fsp3) is 0.448. The first-order chi connectivity index (χ1) is 16.3. The minimum Gasteiger partial charge on any atom is -0.468 e. The summed E-state index contributed by atoms with van der Waals surface area (Å²) in [5, 5.41) is 3.02. The molecule has 1 amide bonds. The van der Waals surface area contributed by atoms with Gasteiger partial charge < -0.3 is 15.8 Å². The van der Waals surface area contributed by atoms with Crippen molar-refractivity contribution in [1.82, 2.24) is 5.32 Å². The van der Waals surface area contributed by atoms with Crippen molar-refractivity contribution in [2.75, 3.05) is 13.7 Å². The number of hydrogen-bond acceptors (Lipinski definition) is 4. The molecule has 3 N–H and O–H groups in total. The summed E-state index contributed by atoms with van der Waals surface area (Å²) < 4.78 is 4.60. The normalized spacial score (nSPS) is 12.4. The molecule has 1 unspecified atom stereocenters. The van der Waals surface area contributed by atoms with E-state index < -0.39 is 0 Å². The Balaban J connectivity index is 0.